The van der Waals surface area contributed by atoms with Crippen molar-refractivity contribution in [3.63, 3.8) is 0 Å². The van der Waals surface area contributed by atoms with E-state index in [-0.39, 0.29) is 10.6 Å². The molecule has 0 amide bonds. The Balaban J connectivity index is 1.53. The lowest BCUT2D eigenvalue weighted by atomic mass is 9.98. The van der Waals surface area contributed by atoms with E-state index in [0.29, 0.717) is 29.4 Å². The van der Waals surface area contributed by atoms with Crippen molar-refractivity contribution >= 4 is 16.7 Å². The summed E-state index contributed by atoms with van der Waals surface area (Å²) in [7, 11) is 0. The van der Waals surface area contributed by atoms with Gasteiger partial charge in [0.15, 0.2) is 0 Å². The van der Waals surface area contributed by atoms with E-state index in [1.165, 1.54) is 49.7 Å². The van der Waals surface area contributed by atoms with Gasteiger partial charge >= 0.3 is 5.63 Å². The number of nitrogens with zero attached hydrogens (tertiary/aromatic N) is 2. The van der Waals surface area contributed by atoms with E-state index < -0.39 is 5.63 Å². The van der Waals surface area contributed by atoms with Gasteiger partial charge in [0, 0.05) is 29.6 Å². The number of hydrogen-bond donors (Lipinski definition) is 0. The average molecular weight is 378 g/mol. The van der Waals surface area contributed by atoms with Gasteiger partial charge in [0.2, 0.25) is 0 Å². The van der Waals surface area contributed by atoms with Crippen LogP contribution in [-0.2, 0) is 19.4 Å². The minimum absolute atomic E-state index is 0.0620. The summed E-state index contributed by atoms with van der Waals surface area (Å²) in [5, 5.41) is 12.1. The third kappa shape index (κ3) is 3.97. The number of nitro benzene ring substituents is 1. The Morgan fingerprint density at radius 3 is 2.36 bits per heavy atom. The van der Waals surface area contributed by atoms with Crippen molar-refractivity contribution in [1.82, 2.24) is 4.90 Å². The third-order valence-electron chi connectivity index (χ3n) is 5.38. The summed E-state index contributed by atoms with van der Waals surface area (Å²) in [5.41, 5.74) is 3.02. The molecule has 0 atom stereocenters. The molecule has 1 aliphatic heterocycles. The zero-order valence-electron chi connectivity index (χ0n) is 15.6. The SMILES string of the molecule is O=c1ccc2c(CCc3ccc(CN4CCCC4)cc3)c([N+](=O)[O-])ccc2o1. The molecule has 3 aromatic rings. The average Bonchev–Trinajstić information content (AvgIpc) is 3.19. The molecule has 0 N–H and O–H groups in total. The lowest BCUT2D eigenvalue weighted by Crippen LogP contribution is -2.18. The lowest BCUT2D eigenvalue weighted by molar-refractivity contribution is -0.385. The molecule has 28 heavy (non-hydrogen) atoms. The monoisotopic (exact) mass is 378 g/mol. The molecule has 144 valence electrons. The van der Waals surface area contributed by atoms with Crippen molar-refractivity contribution in [3.8, 4) is 0 Å². The number of likely N-dealkylation sites (tertiary alicyclic amines) is 1. The van der Waals surface area contributed by atoms with Gasteiger partial charge in [0.25, 0.3) is 5.69 Å². The molecule has 4 rings (SSSR count). The van der Waals surface area contributed by atoms with Crippen molar-refractivity contribution in [2.24, 2.45) is 0 Å². The van der Waals surface area contributed by atoms with Gasteiger partial charge in [-0.3, -0.25) is 15.0 Å². The molecule has 1 aromatic heterocycles. The van der Waals surface area contributed by atoms with Crippen molar-refractivity contribution in [3.05, 3.63) is 85.8 Å². The van der Waals surface area contributed by atoms with Crippen LogP contribution in [0.25, 0.3) is 11.0 Å². The van der Waals surface area contributed by atoms with E-state index in [2.05, 4.69) is 29.2 Å². The number of hydrogen-bond acceptors (Lipinski definition) is 5. The predicted octanol–water partition coefficient (Wildman–Crippen LogP) is 4.08. The number of rotatable bonds is 6. The summed E-state index contributed by atoms with van der Waals surface area (Å²) < 4.78 is 5.19. The standard InChI is InChI=1S/C22H22N2O4/c25-22-12-9-19-18(20(24(26)27)10-11-21(19)28-22)8-7-16-3-5-17(6-4-16)15-23-13-1-2-14-23/h3-6,9-12H,1-2,7-8,13-15H2. The van der Waals surface area contributed by atoms with Gasteiger partial charge < -0.3 is 4.42 Å². The van der Waals surface area contributed by atoms with Crippen molar-refractivity contribution in [2.75, 3.05) is 13.1 Å². The van der Waals surface area contributed by atoms with Crippen LogP contribution in [0.4, 0.5) is 5.69 Å². The highest BCUT2D eigenvalue weighted by Crippen LogP contribution is 2.28. The molecule has 0 saturated carbocycles. The molecular weight excluding hydrogens is 356 g/mol. The third-order valence-corrected chi connectivity index (χ3v) is 5.38. The van der Waals surface area contributed by atoms with Crippen LogP contribution in [-0.4, -0.2) is 22.9 Å². The molecule has 0 aliphatic carbocycles. The first-order valence-corrected chi connectivity index (χ1v) is 9.60. The molecule has 0 radical (unpaired) electrons. The van der Waals surface area contributed by atoms with E-state index in [4.69, 9.17) is 4.42 Å². The van der Waals surface area contributed by atoms with Crippen LogP contribution in [0.3, 0.4) is 0 Å². The molecule has 0 bridgehead atoms. The first kappa shape index (κ1) is 18.4. The van der Waals surface area contributed by atoms with Crippen molar-refractivity contribution in [2.45, 2.75) is 32.2 Å². The summed E-state index contributed by atoms with van der Waals surface area (Å²) in [6.07, 6.45) is 3.75. The van der Waals surface area contributed by atoms with Gasteiger partial charge in [-0.05, 0) is 62.0 Å². The maximum absolute atomic E-state index is 11.5. The van der Waals surface area contributed by atoms with Gasteiger partial charge in [-0.15, -0.1) is 0 Å². The molecule has 1 fully saturated rings. The van der Waals surface area contributed by atoms with E-state index in [1.807, 2.05) is 0 Å². The maximum atomic E-state index is 11.5. The molecule has 1 saturated heterocycles. The highest BCUT2D eigenvalue weighted by Gasteiger charge is 2.18. The van der Waals surface area contributed by atoms with Gasteiger partial charge in [-0.2, -0.15) is 0 Å². The molecule has 2 heterocycles. The highest BCUT2D eigenvalue weighted by atomic mass is 16.6. The van der Waals surface area contributed by atoms with Crippen LogP contribution < -0.4 is 5.63 Å². The summed E-state index contributed by atoms with van der Waals surface area (Å²) in [4.78, 5) is 25.0. The summed E-state index contributed by atoms with van der Waals surface area (Å²) >= 11 is 0. The van der Waals surface area contributed by atoms with E-state index in [0.717, 1.165) is 12.1 Å². The minimum atomic E-state index is -0.458. The Bertz CT molecular complexity index is 1050. The lowest BCUT2D eigenvalue weighted by Gasteiger charge is -2.14. The Kier molecular flexibility index (Phi) is 5.21. The Morgan fingerprint density at radius 1 is 0.929 bits per heavy atom. The van der Waals surface area contributed by atoms with Crippen molar-refractivity contribution in [1.29, 1.82) is 0 Å². The Labute approximate surface area is 162 Å². The van der Waals surface area contributed by atoms with Crippen LogP contribution in [0.15, 0.2) is 57.7 Å². The number of nitro groups is 1. The summed E-state index contributed by atoms with van der Waals surface area (Å²) in [6.45, 7) is 3.32. The number of fused-ring (bicyclic) bond motifs is 1. The van der Waals surface area contributed by atoms with E-state index in [1.54, 1.807) is 6.07 Å². The van der Waals surface area contributed by atoms with Crippen LogP contribution in [0.5, 0.6) is 0 Å². The largest absolute Gasteiger partial charge is 0.423 e. The summed E-state index contributed by atoms with van der Waals surface area (Å²) in [6, 6.07) is 14.3. The molecule has 0 spiro atoms. The smallest absolute Gasteiger partial charge is 0.336 e. The minimum Gasteiger partial charge on any atom is -0.423 e. The van der Waals surface area contributed by atoms with E-state index >= 15 is 0 Å². The van der Waals surface area contributed by atoms with Crippen LogP contribution >= 0.6 is 0 Å². The molecular formula is C22H22N2O4. The van der Waals surface area contributed by atoms with Crippen LogP contribution in [0.2, 0.25) is 0 Å². The van der Waals surface area contributed by atoms with Crippen molar-refractivity contribution < 1.29 is 9.34 Å². The van der Waals surface area contributed by atoms with Crippen LogP contribution in [0, 0.1) is 10.1 Å². The molecule has 1 aliphatic rings. The van der Waals surface area contributed by atoms with E-state index in [9.17, 15) is 14.9 Å². The topological polar surface area (TPSA) is 76.6 Å². The first-order chi connectivity index (χ1) is 13.6. The maximum Gasteiger partial charge on any atom is 0.336 e. The fourth-order valence-corrected chi connectivity index (χ4v) is 3.91. The fourth-order valence-electron chi connectivity index (χ4n) is 3.91. The molecule has 6 heteroatoms. The molecule has 6 nitrogen and oxygen atoms in total. The van der Waals surface area contributed by atoms with Gasteiger partial charge in [0.1, 0.15) is 5.58 Å². The number of benzene rings is 2. The predicted molar refractivity (Wildman–Crippen MR) is 107 cm³/mol. The van der Waals surface area contributed by atoms with Crippen LogP contribution in [0.1, 0.15) is 29.5 Å². The van der Waals surface area contributed by atoms with Gasteiger partial charge in [-0.1, -0.05) is 24.3 Å². The van der Waals surface area contributed by atoms with Gasteiger partial charge in [-0.25, -0.2) is 4.79 Å². The summed E-state index contributed by atoms with van der Waals surface area (Å²) in [5.74, 6) is 0. The Hall–Kier alpha value is -2.99. The zero-order valence-corrected chi connectivity index (χ0v) is 15.6. The van der Waals surface area contributed by atoms with Gasteiger partial charge in [0.05, 0.1) is 4.92 Å². The molecule has 0 unspecified atom stereocenters. The normalized spacial score (nSPS) is 14.6. The quantitative estimate of drug-likeness (QED) is 0.367. The number of aryl methyl sites for hydroxylation is 2. The molecule has 2 aromatic carbocycles. The second-order valence-corrected chi connectivity index (χ2v) is 7.29. The second-order valence-electron chi connectivity index (χ2n) is 7.29. The fraction of sp³-hybridized carbons (Fsp3) is 0.318. The Morgan fingerprint density at radius 2 is 1.64 bits per heavy atom. The zero-order chi connectivity index (χ0) is 19.5. The first-order valence-electron chi connectivity index (χ1n) is 9.60. The highest BCUT2D eigenvalue weighted by molar-refractivity contribution is 5.84. The second kappa shape index (κ2) is 7.94.